The second-order valence-corrected chi connectivity index (χ2v) is 10.9. The van der Waals surface area contributed by atoms with Crippen LogP contribution in [0, 0.1) is 17.7 Å². The van der Waals surface area contributed by atoms with Gasteiger partial charge >= 0.3 is 12.8 Å². The second kappa shape index (κ2) is 13.3. The van der Waals surface area contributed by atoms with Crippen LogP contribution in [-0.2, 0) is 15.9 Å². The Bertz CT molecular complexity index is 1440. The summed E-state index contributed by atoms with van der Waals surface area (Å²) in [7, 11) is 0. The summed E-state index contributed by atoms with van der Waals surface area (Å²) in [6, 6.07) is 7.60. The molecule has 3 heterocycles. The third-order valence-corrected chi connectivity index (χ3v) is 8.16. The maximum atomic E-state index is 14.9. The number of rotatable bonds is 8. The van der Waals surface area contributed by atoms with Gasteiger partial charge in [-0.05, 0) is 29.9 Å². The van der Waals surface area contributed by atoms with Crippen LogP contribution in [0.5, 0.6) is 5.75 Å². The minimum Gasteiger partial charge on any atom is -0.433 e. The summed E-state index contributed by atoms with van der Waals surface area (Å²) in [6.07, 6.45) is -4.01. The number of thiophene rings is 1. The summed E-state index contributed by atoms with van der Waals surface area (Å²) in [5.74, 6) is 4.68. The van der Waals surface area contributed by atoms with Crippen LogP contribution >= 0.6 is 11.3 Å². The lowest BCUT2D eigenvalue weighted by molar-refractivity contribution is -0.126. The van der Waals surface area contributed by atoms with E-state index in [1.807, 2.05) is 6.07 Å². The third kappa shape index (κ3) is 7.53. The predicted octanol–water partition coefficient (Wildman–Crippen LogP) is 6.64. The summed E-state index contributed by atoms with van der Waals surface area (Å²) in [5, 5.41) is 6.68. The molecule has 6 nitrogen and oxygen atoms in total. The Morgan fingerprint density at radius 3 is 2.50 bits per heavy atom. The lowest BCUT2D eigenvalue weighted by atomic mass is 10.1. The van der Waals surface area contributed by atoms with Crippen molar-refractivity contribution in [2.45, 2.75) is 38.1 Å². The topological polar surface area (TPSA) is 55.0 Å². The van der Waals surface area contributed by atoms with E-state index in [2.05, 4.69) is 27.2 Å². The Hall–Kier alpha value is -3.34. The van der Waals surface area contributed by atoms with Gasteiger partial charge in [0.2, 0.25) is 0 Å². The van der Waals surface area contributed by atoms with Crippen LogP contribution in [0.3, 0.4) is 0 Å². The van der Waals surface area contributed by atoms with Crippen molar-refractivity contribution < 1.29 is 40.6 Å². The first-order valence-electron chi connectivity index (χ1n) is 13.5. The van der Waals surface area contributed by atoms with Gasteiger partial charge in [-0.25, -0.2) is 4.39 Å². The van der Waals surface area contributed by atoms with Crippen molar-refractivity contribution in [2.24, 2.45) is 0 Å². The van der Waals surface area contributed by atoms with E-state index in [9.17, 15) is 26.3 Å². The van der Waals surface area contributed by atoms with Crippen LogP contribution < -0.4 is 20.3 Å². The van der Waals surface area contributed by atoms with Crippen LogP contribution in [0.1, 0.15) is 23.3 Å². The van der Waals surface area contributed by atoms with Gasteiger partial charge in [0.15, 0.2) is 5.75 Å². The molecule has 0 atom stereocenters. The Morgan fingerprint density at radius 1 is 1.05 bits per heavy atom. The van der Waals surface area contributed by atoms with Crippen LogP contribution in [0.4, 0.5) is 43.4 Å². The number of alkyl halides is 5. The molecule has 13 heteroatoms. The number of benzene rings is 2. The zero-order valence-electron chi connectivity index (χ0n) is 22.5. The first kappa shape index (κ1) is 30.1. The van der Waals surface area contributed by atoms with Crippen molar-refractivity contribution in [3.8, 4) is 17.6 Å². The Kier molecular flexibility index (Phi) is 9.55. The maximum Gasteiger partial charge on any atom is 0.393 e. The second-order valence-electron chi connectivity index (χ2n) is 9.85. The summed E-state index contributed by atoms with van der Waals surface area (Å²) < 4.78 is 97.9. The fourth-order valence-corrected chi connectivity index (χ4v) is 6.18. The lowest BCUT2D eigenvalue weighted by Crippen LogP contribution is -2.36. The van der Waals surface area contributed by atoms with Crippen molar-refractivity contribution >= 4 is 38.5 Å². The number of morpholine rings is 1. The van der Waals surface area contributed by atoms with E-state index >= 15 is 0 Å². The summed E-state index contributed by atoms with van der Waals surface area (Å²) in [4.78, 5) is 1.93. The number of ether oxygens (including phenoxy) is 3. The van der Waals surface area contributed by atoms with Crippen LogP contribution in [-0.4, -0.2) is 64.9 Å². The van der Waals surface area contributed by atoms with E-state index in [0.717, 1.165) is 35.9 Å². The molecule has 2 aromatic carbocycles. The molecule has 3 aromatic rings. The van der Waals surface area contributed by atoms with Crippen molar-refractivity contribution in [3.05, 3.63) is 46.6 Å². The molecule has 5 rings (SSSR count). The first-order chi connectivity index (χ1) is 20.2. The molecule has 0 aliphatic carbocycles. The standard InChI is InChI=1S/C29H29F6N3O3S/c30-21-15-23(25(41-28(31)32)16-24(21)38-9-13-40-14-10-38)36-8-2-5-26-20(17-29(33,34)35)19-3-1-4-22(27(19)42-26)37-18-6-11-39-12-7-18/h1,3-4,15-16,18,28,36-37H,6-14,17H2. The number of nitrogens with one attached hydrogen (secondary N) is 2. The highest BCUT2D eigenvalue weighted by Gasteiger charge is 2.31. The van der Waals surface area contributed by atoms with Gasteiger partial charge in [-0.2, -0.15) is 22.0 Å². The summed E-state index contributed by atoms with van der Waals surface area (Å²) >= 11 is 1.16. The van der Waals surface area contributed by atoms with Crippen molar-refractivity contribution in [1.82, 2.24) is 0 Å². The molecule has 2 saturated heterocycles. The van der Waals surface area contributed by atoms with Crippen LogP contribution in [0.15, 0.2) is 30.3 Å². The number of hydrogen-bond acceptors (Lipinski definition) is 7. The fourth-order valence-electron chi connectivity index (χ4n) is 5.01. The molecule has 42 heavy (non-hydrogen) atoms. The van der Waals surface area contributed by atoms with Crippen molar-refractivity contribution in [3.63, 3.8) is 0 Å². The number of anilines is 3. The van der Waals surface area contributed by atoms with Gasteiger partial charge in [-0.3, -0.25) is 0 Å². The zero-order valence-corrected chi connectivity index (χ0v) is 23.3. The minimum atomic E-state index is -4.45. The Labute approximate surface area is 242 Å². The summed E-state index contributed by atoms with van der Waals surface area (Å²) in [6.45, 7) is -0.524. The molecule has 0 amide bonds. The molecule has 2 fully saturated rings. The molecule has 0 spiro atoms. The minimum absolute atomic E-state index is 0.0473. The van der Waals surface area contributed by atoms with Gasteiger partial charge in [0.05, 0.1) is 52.8 Å². The molecule has 1 aromatic heterocycles. The SMILES string of the molecule is Fc1cc(NCC#Cc2sc3c(NC4CCOCC4)cccc3c2CC(F)(F)F)c(OC(F)F)cc1N1CCOCC1. The highest BCUT2D eigenvalue weighted by Crippen LogP contribution is 2.39. The smallest absolute Gasteiger partial charge is 0.393 e. The van der Waals surface area contributed by atoms with Crippen molar-refractivity contribution in [1.29, 1.82) is 0 Å². The van der Waals surface area contributed by atoms with E-state index in [1.165, 1.54) is 6.07 Å². The third-order valence-electron chi connectivity index (χ3n) is 6.96. The molecule has 0 bridgehead atoms. The van der Waals surface area contributed by atoms with Gasteiger partial charge in [0, 0.05) is 44.5 Å². The lowest BCUT2D eigenvalue weighted by Gasteiger charge is -2.29. The number of hydrogen-bond donors (Lipinski definition) is 2. The summed E-state index contributed by atoms with van der Waals surface area (Å²) in [5.41, 5.74) is 0.878. The normalized spacial score (nSPS) is 16.4. The zero-order chi connectivity index (χ0) is 29.7. The highest BCUT2D eigenvalue weighted by molar-refractivity contribution is 7.20. The molecule has 0 radical (unpaired) electrons. The first-order valence-corrected chi connectivity index (χ1v) is 14.3. The maximum absolute atomic E-state index is 14.9. The van der Waals surface area contributed by atoms with E-state index in [-0.39, 0.29) is 40.2 Å². The van der Waals surface area contributed by atoms with E-state index < -0.39 is 25.0 Å². The fraction of sp³-hybridized carbons (Fsp3) is 0.448. The Morgan fingerprint density at radius 2 is 1.79 bits per heavy atom. The number of fused-ring (bicyclic) bond motifs is 1. The van der Waals surface area contributed by atoms with Crippen LogP contribution in [0.2, 0.25) is 0 Å². The van der Waals surface area contributed by atoms with E-state index in [0.29, 0.717) is 49.6 Å². The molecule has 0 unspecified atom stereocenters. The van der Waals surface area contributed by atoms with Gasteiger partial charge in [-0.1, -0.05) is 24.0 Å². The molecule has 0 saturated carbocycles. The van der Waals surface area contributed by atoms with Gasteiger partial charge in [0.25, 0.3) is 0 Å². The van der Waals surface area contributed by atoms with Gasteiger partial charge in [0.1, 0.15) is 5.82 Å². The average Bonchev–Trinajstić information content (AvgIpc) is 3.29. The van der Waals surface area contributed by atoms with E-state index in [4.69, 9.17) is 9.47 Å². The van der Waals surface area contributed by atoms with Gasteiger partial charge < -0.3 is 29.7 Å². The largest absolute Gasteiger partial charge is 0.433 e. The average molecular weight is 614 g/mol. The van der Waals surface area contributed by atoms with Crippen molar-refractivity contribution in [2.75, 3.05) is 61.6 Å². The predicted molar refractivity (Wildman–Crippen MR) is 150 cm³/mol. The molecule has 2 N–H and O–H groups in total. The number of halogens is 6. The highest BCUT2D eigenvalue weighted by atomic mass is 32.1. The van der Waals surface area contributed by atoms with E-state index in [1.54, 1.807) is 17.0 Å². The number of nitrogens with zero attached hydrogens (tertiary/aromatic N) is 1. The van der Waals surface area contributed by atoms with Crippen LogP contribution in [0.25, 0.3) is 10.1 Å². The van der Waals surface area contributed by atoms with Gasteiger partial charge in [-0.15, -0.1) is 11.3 Å². The molecular formula is C29H29F6N3O3S. The molecule has 2 aliphatic heterocycles. The Balaban J connectivity index is 1.39. The molecule has 226 valence electrons. The quantitative estimate of drug-likeness (QED) is 0.220. The molecular weight excluding hydrogens is 584 g/mol. The monoisotopic (exact) mass is 613 g/mol. The molecule has 2 aliphatic rings.